The maximum absolute atomic E-state index is 4.55. The monoisotopic (exact) mass is 241 g/mol. The van der Waals surface area contributed by atoms with Gasteiger partial charge in [0, 0.05) is 0 Å². The molecule has 0 spiro atoms. The summed E-state index contributed by atoms with van der Waals surface area (Å²) in [4.78, 5) is 2.20. The van der Waals surface area contributed by atoms with Crippen molar-refractivity contribution in [2.45, 2.75) is 0 Å². The molecule has 0 atom stereocenters. The Bertz CT molecular complexity index is 555. The molecule has 1 nitrogen and oxygen atoms in total. The molecule has 0 aromatic heterocycles. The minimum absolute atomic E-state index is 0.0461. The molecule has 3 rings (SSSR count). The molecule has 2 heteroatoms. The summed E-state index contributed by atoms with van der Waals surface area (Å²) in [7, 11) is 0. The van der Waals surface area contributed by atoms with Crippen molar-refractivity contribution in [3.63, 3.8) is 0 Å². The Morgan fingerprint density at radius 2 is 1.93 bits per heavy atom. The molecule has 1 aliphatic rings. The topological polar surface area (TPSA) is 12.4 Å². The van der Waals surface area contributed by atoms with Gasteiger partial charge in [0.05, 0.1) is 0 Å². The molecule has 0 bridgehead atoms. The molecule has 0 fully saturated rings. The van der Waals surface area contributed by atoms with E-state index in [0.717, 1.165) is 5.69 Å². The number of hydrogen-bond acceptors (Lipinski definition) is 1. The van der Waals surface area contributed by atoms with Gasteiger partial charge in [0.1, 0.15) is 0 Å². The average molecular weight is 241 g/mol. The summed E-state index contributed by atoms with van der Waals surface area (Å²) in [6.45, 7) is 0. The summed E-state index contributed by atoms with van der Waals surface area (Å²) in [6.07, 6.45) is 2.21. The summed E-state index contributed by atoms with van der Waals surface area (Å²) < 4.78 is 4.55. The first-order valence-corrected chi connectivity index (χ1v) is 6.46. The van der Waals surface area contributed by atoms with Crippen LogP contribution in [0.25, 0.3) is 16.8 Å². The van der Waals surface area contributed by atoms with E-state index in [2.05, 4.69) is 51.2 Å². The van der Waals surface area contributed by atoms with E-state index in [1.807, 2.05) is 0 Å². The van der Waals surface area contributed by atoms with Gasteiger partial charge < -0.3 is 0 Å². The number of hydrogen-bond donors (Lipinski definition) is 0. The van der Waals surface area contributed by atoms with Crippen LogP contribution in [0.4, 0.5) is 5.69 Å². The van der Waals surface area contributed by atoms with E-state index in [9.17, 15) is 0 Å². The second-order valence-corrected chi connectivity index (χ2v) is 4.78. The van der Waals surface area contributed by atoms with Gasteiger partial charge in [-0.1, -0.05) is 0 Å². The average Bonchev–Trinajstić information content (AvgIpc) is 2.29. The molecular formula is C12H8AsN. The van der Waals surface area contributed by atoms with E-state index in [4.69, 9.17) is 0 Å². The van der Waals surface area contributed by atoms with Crippen LogP contribution in [0.2, 0.25) is 0 Å². The van der Waals surface area contributed by atoms with Crippen LogP contribution in [0, 0.1) is 0 Å². The predicted molar refractivity (Wildman–Crippen MR) is 60.8 cm³/mol. The summed E-state index contributed by atoms with van der Waals surface area (Å²) in [5.74, 6) is 0. The van der Waals surface area contributed by atoms with Gasteiger partial charge in [-0.2, -0.15) is 0 Å². The zero-order valence-electron chi connectivity index (χ0n) is 7.51. The summed E-state index contributed by atoms with van der Waals surface area (Å²) >= 11 is 0.0461. The Morgan fingerprint density at radius 1 is 1.00 bits per heavy atom. The molecule has 2 aromatic carbocycles. The molecule has 0 saturated heterocycles. The second-order valence-electron chi connectivity index (χ2n) is 3.25. The molecule has 1 heterocycles. The summed E-state index contributed by atoms with van der Waals surface area (Å²) in [6, 6.07) is 12.7. The molecule has 0 unspecified atom stereocenters. The van der Waals surface area contributed by atoms with Crippen molar-refractivity contribution in [3.8, 4) is 0 Å². The fourth-order valence-electron chi connectivity index (χ4n) is 1.75. The molecule has 2 aromatic rings. The Kier molecular flexibility index (Phi) is 1.85. The SMILES string of the molecule is C1=Cc2c(ccc3ccccc23)N=[As]1. The number of fused-ring (bicyclic) bond motifs is 3. The molecule has 0 saturated carbocycles. The first-order valence-electron chi connectivity index (χ1n) is 4.54. The van der Waals surface area contributed by atoms with Crippen molar-refractivity contribution in [2.24, 2.45) is 3.86 Å². The molecule has 14 heavy (non-hydrogen) atoms. The second kappa shape index (κ2) is 3.18. The van der Waals surface area contributed by atoms with E-state index in [1.165, 1.54) is 16.3 Å². The van der Waals surface area contributed by atoms with E-state index < -0.39 is 0 Å². The van der Waals surface area contributed by atoms with Gasteiger partial charge in [0.2, 0.25) is 0 Å². The standard InChI is InChI=1S/C12H8AsN/c1-2-4-10-9(3-1)5-6-12-11(10)7-8-13-14-12/h1-8H. The molecule has 0 N–H and O–H groups in total. The van der Waals surface area contributed by atoms with Crippen molar-refractivity contribution in [2.75, 3.05) is 0 Å². The fraction of sp³-hybridized carbons (Fsp3) is 0. The zero-order chi connectivity index (χ0) is 9.38. The molecule has 0 amide bonds. The van der Waals surface area contributed by atoms with E-state index >= 15 is 0 Å². The van der Waals surface area contributed by atoms with Gasteiger partial charge in [-0.25, -0.2) is 0 Å². The van der Waals surface area contributed by atoms with Crippen LogP contribution in [0.1, 0.15) is 5.56 Å². The number of benzene rings is 2. The first kappa shape index (κ1) is 8.14. The quantitative estimate of drug-likeness (QED) is 0.627. The molecule has 66 valence electrons. The Labute approximate surface area is 88.9 Å². The summed E-state index contributed by atoms with van der Waals surface area (Å²) in [5.41, 5.74) is 2.44. The van der Waals surface area contributed by atoms with Crippen LogP contribution in [-0.2, 0) is 0 Å². The van der Waals surface area contributed by atoms with Crippen molar-refractivity contribution in [1.82, 2.24) is 0 Å². The van der Waals surface area contributed by atoms with Crippen molar-refractivity contribution < 1.29 is 0 Å². The minimum atomic E-state index is 0.0461. The van der Waals surface area contributed by atoms with Gasteiger partial charge in [0.15, 0.2) is 0 Å². The third-order valence-electron chi connectivity index (χ3n) is 2.42. The van der Waals surface area contributed by atoms with Gasteiger partial charge in [0.25, 0.3) is 0 Å². The van der Waals surface area contributed by atoms with Gasteiger partial charge in [-0.05, 0) is 0 Å². The van der Waals surface area contributed by atoms with Crippen LogP contribution in [0.3, 0.4) is 0 Å². The Morgan fingerprint density at radius 3 is 2.93 bits per heavy atom. The van der Waals surface area contributed by atoms with Crippen LogP contribution in [0.15, 0.2) is 45.1 Å². The van der Waals surface area contributed by atoms with Gasteiger partial charge in [-0.3, -0.25) is 0 Å². The van der Waals surface area contributed by atoms with Crippen LogP contribution in [0.5, 0.6) is 0 Å². The molecule has 0 aliphatic carbocycles. The van der Waals surface area contributed by atoms with Crippen LogP contribution in [-0.4, -0.2) is 15.6 Å². The fourth-order valence-corrected chi connectivity index (χ4v) is 2.97. The molecular weight excluding hydrogens is 233 g/mol. The van der Waals surface area contributed by atoms with Crippen molar-refractivity contribution in [1.29, 1.82) is 0 Å². The van der Waals surface area contributed by atoms with Gasteiger partial charge in [-0.15, -0.1) is 0 Å². The predicted octanol–water partition coefficient (Wildman–Crippen LogP) is 3.34. The van der Waals surface area contributed by atoms with Gasteiger partial charge >= 0.3 is 88.8 Å². The number of rotatable bonds is 0. The first-order chi connectivity index (χ1) is 6.95. The maximum atomic E-state index is 4.55. The summed E-state index contributed by atoms with van der Waals surface area (Å²) in [5, 5.41) is 2.61. The third kappa shape index (κ3) is 1.17. The third-order valence-corrected chi connectivity index (χ3v) is 3.71. The zero-order valence-corrected chi connectivity index (χ0v) is 9.39. The normalized spacial score (nSPS) is 14.3. The Hall–Kier alpha value is -1.20. The molecule has 1 aliphatic heterocycles. The van der Waals surface area contributed by atoms with Crippen LogP contribution < -0.4 is 0 Å². The van der Waals surface area contributed by atoms with E-state index in [-0.39, 0.29) is 15.6 Å². The number of nitrogens with zero attached hydrogens (tertiary/aromatic N) is 1. The van der Waals surface area contributed by atoms with E-state index in [1.54, 1.807) is 0 Å². The Balaban J connectivity index is 2.47. The van der Waals surface area contributed by atoms with Crippen LogP contribution >= 0.6 is 0 Å². The molecule has 0 radical (unpaired) electrons. The van der Waals surface area contributed by atoms with Crippen molar-refractivity contribution >= 4 is 38.1 Å². The van der Waals surface area contributed by atoms with Crippen molar-refractivity contribution in [3.05, 3.63) is 46.8 Å². The van der Waals surface area contributed by atoms with E-state index in [0.29, 0.717) is 0 Å².